The van der Waals surface area contributed by atoms with Gasteiger partial charge in [-0.25, -0.2) is 0 Å². The Labute approximate surface area is 145 Å². The summed E-state index contributed by atoms with van der Waals surface area (Å²) in [6, 6.07) is 7.51. The molecule has 1 aliphatic heterocycles. The van der Waals surface area contributed by atoms with E-state index in [1.807, 2.05) is 25.2 Å². The van der Waals surface area contributed by atoms with Gasteiger partial charge in [-0.3, -0.25) is 4.99 Å². The molecule has 0 spiro atoms. The highest BCUT2D eigenvalue weighted by molar-refractivity contribution is 5.80. The van der Waals surface area contributed by atoms with Gasteiger partial charge in [0, 0.05) is 46.4 Å². The Hall–Kier alpha value is -1.95. The van der Waals surface area contributed by atoms with Crippen LogP contribution in [0.3, 0.4) is 0 Å². The summed E-state index contributed by atoms with van der Waals surface area (Å²) in [6.45, 7) is 7.97. The molecular weight excluding hydrogens is 304 g/mol. The minimum Gasteiger partial charge on any atom is -0.506 e. The molecule has 1 fully saturated rings. The van der Waals surface area contributed by atoms with E-state index in [0.29, 0.717) is 12.4 Å². The zero-order valence-corrected chi connectivity index (χ0v) is 14.9. The zero-order chi connectivity index (χ0) is 17.2. The normalized spacial score (nSPS) is 15.7. The van der Waals surface area contributed by atoms with Crippen molar-refractivity contribution in [3.63, 3.8) is 0 Å². The van der Waals surface area contributed by atoms with E-state index in [1.165, 1.54) is 0 Å². The number of aromatic hydroxyl groups is 1. The summed E-state index contributed by atoms with van der Waals surface area (Å²) < 4.78 is 5.57. The third-order valence-electron chi connectivity index (χ3n) is 4.19. The van der Waals surface area contributed by atoms with Crippen molar-refractivity contribution >= 4 is 11.6 Å². The molecule has 1 saturated heterocycles. The van der Waals surface area contributed by atoms with Crippen molar-refractivity contribution in [2.24, 2.45) is 4.99 Å². The second-order valence-corrected chi connectivity index (χ2v) is 5.90. The van der Waals surface area contributed by atoms with Gasteiger partial charge in [0.15, 0.2) is 5.96 Å². The molecular formula is C18H30N4O2. The number of para-hydroxylation sites is 2. The first kappa shape index (κ1) is 18.4. The van der Waals surface area contributed by atoms with E-state index in [1.54, 1.807) is 6.07 Å². The standard InChI is InChI=1S/C18H30N4O2/c1-3-4-14-24-15-9-20-18(19-2)22-12-10-21(11-13-22)16-7-5-6-8-17(16)23/h5-8,23H,3-4,9-15H2,1-2H3,(H,19,20). The van der Waals surface area contributed by atoms with E-state index in [-0.39, 0.29) is 0 Å². The highest BCUT2D eigenvalue weighted by atomic mass is 16.5. The van der Waals surface area contributed by atoms with Crippen molar-refractivity contribution in [1.29, 1.82) is 0 Å². The number of ether oxygens (including phenoxy) is 1. The largest absolute Gasteiger partial charge is 0.506 e. The van der Waals surface area contributed by atoms with Crippen molar-refractivity contribution in [3.8, 4) is 5.75 Å². The molecule has 134 valence electrons. The fourth-order valence-electron chi connectivity index (χ4n) is 2.81. The predicted octanol–water partition coefficient (Wildman–Crippen LogP) is 1.91. The maximum Gasteiger partial charge on any atom is 0.193 e. The van der Waals surface area contributed by atoms with Crippen LogP contribution in [0, 0.1) is 0 Å². The third kappa shape index (κ3) is 5.30. The van der Waals surface area contributed by atoms with Gasteiger partial charge >= 0.3 is 0 Å². The maximum atomic E-state index is 9.98. The number of benzene rings is 1. The SMILES string of the molecule is CCCCOCCNC(=NC)N1CCN(c2ccccc2O)CC1. The van der Waals surface area contributed by atoms with Gasteiger partial charge in [-0.05, 0) is 18.6 Å². The van der Waals surface area contributed by atoms with Gasteiger partial charge < -0.3 is 25.0 Å². The van der Waals surface area contributed by atoms with Crippen LogP contribution in [0.4, 0.5) is 5.69 Å². The predicted molar refractivity (Wildman–Crippen MR) is 99.0 cm³/mol. The number of unbranched alkanes of at least 4 members (excludes halogenated alkanes) is 1. The van der Waals surface area contributed by atoms with Crippen molar-refractivity contribution < 1.29 is 9.84 Å². The van der Waals surface area contributed by atoms with Crippen molar-refractivity contribution in [2.45, 2.75) is 19.8 Å². The number of piperazine rings is 1. The number of guanidine groups is 1. The summed E-state index contributed by atoms with van der Waals surface area (Å²) in [4.78, 5) is 8.84. The maximum absolute atomic E-state index is 9.98. The zero-order valence-electron chi connectivity index (χ0n) is 14.9. The van der Waals surface area contributed by atoms with Gasteiger partial charge in [0.2, 0.25) is 0 Å². The average molecular weight is 334 g/mol. The minimum atomic E-state index is 0.345. The van der Waals surface area contributed by atoms with Crippen LogP contribution in [-0.2, 0) is 4.74 Å². The van der Waals surface area contributed by atoms with Crippen LogP contribution < -0.4 is 10.2 Å². The lowest BCUT2D eigenvalue weighted by molar-refractivity contribution is 0.135. The van der Waals surface area contributed by atoms with Crippen LogP contribution in [0.15, 0.2) is 29.3 Å². The Kier molecular flexibility index (Phi) is 7.68. The second-order valence-electron chi connectivity index (χ2n) is 5.90. The fraction of sp³-hybridized carbons (Fsp3) is 0.611. The van der Waals surface area contributed by atoms with E-state index in [9.17, 15) is 5.11 Å². The number of nitrogens with one attached hydrogen (secondary N) is 1. The molecule has 0 saturated carbocycles. The number of rotatable bonds is 7. The molecule has 0 radical (unpaired) electrons. The number of hydrogen-bond acceptors (Lipinski definition) is 4. The molecule has 0 bridgehead atoms. The Morgan fingerprint density at radius 1 is 1.21 bits per heavy atom. The molecule has 0 amide bonds. The first-order valence-corrected chi connectivity index (χ1v) is 8.82. The Bertz CT molecular complexity index is 513. The van der Waals surface area contributed by atoms with Crippen molar-refractivity contribution in [2.75, 3.05) is 57.9 Å². The Morgan fingerprint density at radius 3 is 2.62 bits per heavy atom. The van der Waals surface area contributed by atoms with Gasteiger partial charge in [-0.15, -0.1) is 0 Å². The van der Waals surface area contributed by atoms with Crippen LogP contribution in [0.25, 0.3) is 0 Å². The molecule has 0 aliphatic carbocycles. The highest BCUT2D eigenvalue weighted by Crippen LogP contribution is 2.27. The molecule has 2 N–H and O–H groups in total. The van der Waals surface area contributed by atoms with Gasteiger partial charge in [-0.1, -0.05) is 25.5 Å². The number of aliphatic imine (C=N–C) groups is 1. The number of hydrogen-bond donors (Lipinski definition) is 2. The summed E-state index contributed by atoms with van der Waals surface area (Å²) in [5.41, 5.74) is 0.907. The number of nitrogens with zero attached hydrogens (tertiary/aromatic N) is 3. The first-order valence-electron chi connectivity index (χ1n) is 8.82. The van der Waals surface area contributed by atoms with Crippen LogP contribution in [0.1, 0.15) is 19.8 Å². The second kappa shape index (κ2) is 10.0. The molecule has 6 nitrogen and oxygen atoms in total. The molecule has 2 rings (SSSR count). The Balaban J connectivity index is 1.75. The van der Waals surface area contributed by atoms with Gasteiger partial charge in [0.25, 0.3) is 0 Å². The number of phenols is 1. The summed E-state index contributed by atoms with van der Waals surface area (Å²) in [5.74, 6) is 1.27. The van der Waals surface area contributed by atoms with Gasteiger partial charge in [-0.2, -0.15) is 0 Å². The van der Waals surface area contributed by atoms with Gasteiger partial charge in [0.1, 0.15) is 5.75 Å². The van der Waals surface area contributed by atoms with E-state index < -0.39 is 0 Å². The van der Waals surface area contributed by atoms with Crippen LogP contribution >= 0.6 is 0 Å². The van der Waals surface area contributed by atoms with Crippen LogP contribution in [0.5, 0.6) is 5.75 Å². The molecule has 0 atom stereocenters. The summed E-state index contributed by atoms with van der Waals surface area (Å²) >= 11 is 0. The molecule has 6 heteroatoms. The first-order chi connectivity index (χ1) is 11.8. The van der Waals surface area contributed by atoms with Crippen LogP contribution in [0.2, 0.25) is 0 Å². The lowest BCUT2D eigenvalue weighted by atomic mass is 10.2. The smallest absolute Gasteiger partial charge is 0.193 e. The average Bonchev–Trinajstić information content (AvgIpc) is 2.62. The van der Waals surface area contributed by atoms with Gasteiger partial charge in [0.05, 0.1) is 12.3 Å². The Morgan fingerprint density at radius 2 is 1.96 bits per heavy atom. The van der Waals surface area contributed by atoms with Crippen molar-refractivity contribution in [1.82, 2.24) is 10.2 Å². The van der Waals surface area contributed by atoms with Crippen LogP contribution in [-0.4, -0.2) is 69.0 Å². The monoisotopic (exact) mass is 334 g/mol. The summed E-state index contributed by atoms with van der Waals surface area (Å²) in [7, 11) is 1.82. The summed E-state index contributed by atoms with van der Waals surface area (Å²) in [5, 5.41) is 13.3. The van der Waals surface area contributed by atoms with E-state index in [4.69, 9.17) is 4.74 Å². The number of anilines is 1. The quantitative estimate of drug-likeness (QED) is 0.453. The lowest BCUT2D eigenvalue weighted by Crippen LogP contribution is -2.53. The molecule has 1 heterocycles. The molecule has 1 aromatic carbocycles. The molecule has 0 unspecified atom stereocenters. The molecule has 1 aliphatic rings. The lowest BCUT2D eigenvalue weighted by Gasteiger charge is -2.37. The molecule has 1 aromatic rings. The molecule has 24 heavy (non-hydrogen) atoms. The van der Waals surface area contributed by atoms with E-state index >= 15 is 0 Å². The number of phenolic OH excluding ortho intramolecular Hbond substituents is 1. The van der Waals surface area contributed by atoms with E-state index in [2.05, 4.69) is 27.0 Å². The van der Waals surface area contributed by atoms with E-state index in [0.717, 1.165) is 63.8 Å². The summed E-state index contributed by atoms with van der Waals surface area (Å²) in [6.07, 6.45) is 2.28. The third-order valence-corrected chi connectivity index (χ3v) is 4.19. The molecule has 0 aromatic heterocycles. The topological polar surface area (TPSA) is 60.3 Å². The minimum absolute atomic E-state index is 0.345. The fourth-order valence-corrected chi connectivity index (χ4v) is 2.81. The highest BCUT2D eigenvalue weighted by Gasteiger charge is 2.21. The van der Waals surface area contributed by atoms with Crippen molar-refractivity contribution in [3.05, 3.63) is 24.3 Å².